The lowest BCUT2D eigenvalue weighted by molar-refractivity contribution is 0.0256. The second kappa shape index (κ2) is 6.38. The fourth-order valence-electron chi connectivity index (χ4n) is 2.04. The minimum Gasteiger partial charge on any atom is -0.444 e. The number of β-amino-alcohol motifs (C(OH)–C–C–N with tert-alkyl or cyclic N) is 1. The SMILES string of the molecule is C[C@@H](O)CN1CCCN(C(=O)OC(C)(C)C)CC1. The van der Waals surface area contributed by atoms with Crippen molar-refractivity contribution < 1.29 is 14.6 Å². The van der Waals surface area contributed by atoms with Crippen molar-refractivity contribution in [3.8, 4) is 0 Å². The van der Waals surface area contributed by atoms with Crippen LogP contribution in [0.25, 0.3) is 0 Å². The van der Waals surface area contributed by atoms with E-state index >= 15 is 0 Å². The van der Waals surface area contributed by atoms with Crippen LogP contribution in [0.1, 0.15) is 34.1 Å². The molecule has 1 aliphatic heterocycles. The summed E-state index contributed by atoms with van der Waals surface area (Å²) >= 11 is 0. The summed E-state index contributed by atoms with van der Waals surface area (Å²) in [7, 11) is 0. The van der Waals surface area contributed by atoms with Crippen LogP contribution in [0.4, 0.5) is 4.79 Å². The Morgan fingerprint density at radius 2 is 1.94 bits per heavy atom. The van der Waals surface area contributed by atoms with E-state index in [1.165, 1.54) is 0 Å². The predicted octanol–water partition coefficient (Wildman–Crippen LogP) is 1.31. The van der Waals surface area contributed by atoms with Crippen LogP contribution in [-0.4, -0.2) is 65.4 Å². The minimum atomic E-state index is -0.442. The van der Waals surface area contributed by atoms with E-state index in [0.29, 0.717) is 13.1 Å². The van der Waals surface area contributed by atoms with Gasteiger partial charge in [0.15, 0.2) is 0 Å². The quantitative estimate of drug-likeness (QED) is 0.811. The zero-order valence-electron chi connectivity index (χ0n) is 12.0. The number of hydrogen-bond donors (Lipinski definition) is 1. The molecule has 1 aliphatic rings. The summed E-state index contributed by atoms with van der Waals surface area (Å²) in [5.74, 6) is 0. The molecule has 1 amide bonds. The maximum atomic E-state index is 11.9. The number of nitrogens with zero attached hydrogens (tertiary/aromatic N) is 2. The highest BCUT2D eigenvalue weighted by Crippen LogP contribution is 2.12. The molecule has 1 fully saturated rings. The molecule has 1 N–H and O–H groups in total. The van der Waals surface area contributed by atoms with Gasteiger partial charge in [0.2, 0.25) is 0 Å². The van der Waals surface area contributed by atoms with Gasteiger partial charge in [-0.3, -0.25) is 4.90 Å². The fraction of sp³-hybridized carbons (Fsp3) is 0.923. The second-order valence-corrected chi connectivity index (χ2v) is 5.97. The van der Waals surface area contributed by atoms with Crippen molar-refractivity contribution in [1.82, 2.24) is 9.80 Å². The van der Waals surface area contributed by atoms with Gasteiger partial charge in [0, 0.05) is 26.2 Å². The number of aliphatic hydroxyl groups excluding tert-OH is 1. The van der Waals surface area contributed by atoms with Gasteiger partial charge in [0.25, 0.3) is 0 Å². The molecule has 1 saturated heterocycles. The molecule has 0 aliphatic carbocycles. The van der Waals surface area contributed by atoms with Crippen LogP contribution in [0, 0.1) is 0 Å². The molecule has 5 nitrogen and oxygen atoms in total. The van der Waals surface area contributed by atoms with Crippen molar-refractivity contribution >= 4 is 6.09 Å². The molecule has 1 heterocycles. The van der Waals surface area contributed by atoms with E-state index in [2.05, 4.69) is 4.90 Å². The average Bonchev–Trinajstić information content (AvgIpc) is 2.39. The molecule has 0 radical (unpaired) electrons. The normalized spacial score (nSPS) is 20.4. The van der Waals surface area contributed by atoms with E-state index in [0.717, 1.165) is 26.1 Å². The first-order valence-electron chi connectivity index (χ1n) is 6.66. The lowest BCUT2D eigenvalue weighted by atomic mass is 10.2. The number of amides is 1. The number of carbonyl (C=O) groups excluding carboxylic acids is 1. The maximum Gasteiger partial charge on any atom is 0.410 e. The first kappa shape index (κ1) is 15.2. The largest absolute Gasteiger partial charge is 0.444 e. The van der Waals surface area contributed by atoms with Gasteiger partial charge < -0.3 is 14.7 Å². The average molecular weight is 258 g/mol. The zero-order chi connectivity index (χ0) is 13.8. The van der Waals surface area contributed by atoms with Crippen LogP contribution in [0.15, 0.2) is 0 Å². The molecule has 0 bridgehead atoms. The van der Waals surface area contributed by atoms with E-state index in [4.69, 9.17) is 4.74 Å². The lowest BCUT2D eigenvalue weighted by Gasteiger charge is -2.26. The summed E-state index contributed by atoms with van der Waals surface area (Å²) in [5.41, 5.74) is -0.442. The third-order valence-electron chi connectivity index (χ3n) is 2.76. The fourth-order valence-corrected chi connectivity index (χ4v) is 2.04. The van der Waals surface area contributed by atoms with Gasteiger partial charge in [-0.15, -0.1) is 0 Å². The van der Waals surface area contributed by atoms with Gasteiger partial charge in [-0.05, 0) is 40.7 Å². The van der Waals surface area contributed by atoms with Crippen LogP contribution in [0.3, 0.4) is 0 Å². The molecule has 106 valence electrons. The number of aliphatic hydroxyl groups is 1. The van der Waals surface area contributed by atoms with Crippen molar-refractivity contribution in [3.05, 3.63) is 0 Å². The summed E-state index contributed by atoms with van der Waals surface area (Å²) in [6.07, 6.45) is 0.367. The number of ether oxygens (including phenoxy) is 1. The summed E-state index contributed by atoms with van der Waals surface area (Å²) in [5, 5.41) is 9.38. The molecule has 0 spiro atoms. The Kier molecular flexibility index (Phi) is 5.41. The molecular weight excluding hydrogens is 232 g/mol. The smallest absolute Gasteiger partial charge is 0.410 e. The summed E-state index contributed by atoms with van der Waals surface area (Å²) in [6.45, 7) is 11.2. The van der Waals surface area contributed by atoms with Crippen LogP contribution in [0.2, 0.25) is 0 Å². The Balaban J connectivity index is 2.44. The highest BCUT2D eigenvalue weighted by Gasteiger charge is 2.24. The zero-order valence-corrected chi connectivity index (χ0v) is 12.0. The molecule has 1 rings (SSSR count). The van der Waals surface area contributed by atoms with E-state index < -0.39 is 5.60 Å². The Labute approximate surface area is 110 Å². The van der Waals surface area contributed by atoms with Crippen LogP contribution in [-0.2, 0) is 4.74 Å². The van der Waals surface area contributed by atoms with Gasteiger partial charge in [0.1, 0.15) is 5.60 Å². The van der Waals surface area contributed by atoms with Gasteiger partial charge in [-0.25, -0.2) is 4.79 Å². The molecule has 18 heavy (non-hydrogen) atoms. The Bertz CT molecular complexity index is 274. The van der Waals surface area contributed by atoms with Crippen molar-refractivity contribution in [2.24, 2.45) is 0 Å². The summed E-state index contributed by atoms with van der Waals surface area (Å²) in [4.78, 5) is 15.9. The highest BCUT2D eigenvalue weighted by molar-refractivity contribution is 5.68. The highest BCUT2D eigenvalue weighted by atomic mass is 16.6. The first-order chi connectivity index (χ1) is 8.28. The van der Waals surface area contributed by atoms with Crippen LogP contribution in [0.5, 0.6) is 0 Å². The third-order valence-corrected chi connectivity index (χ3v) is 2.76. The molecule has 0 aromatic carbocycles. The Morgan fingerprint density at radius 3 is 2.50 bits per heavy atom. The Morgan fingerprint density at radius 1 is 1.28 bits per heavy atom. The van der Waals surface area contributed by atoms with E-state index in [9.17, 15) is 9.90 Å². The van der Waals surface area contributed by atoms with E-state index in [1.807, 2.05) is 20.8 Å². The third kappa shape index (κ3) is 5.69. The maximum absolute atomic E-state index is 11.9. The van der Waals surface area contributed by atoms with Gasteiger partial charge in [0.05, 0.1) is 6.10 Å². The predicted molar refractivity (Wildman–Crippen MR) is 70.5 cm³/mol. The number of rotatable bonds is 2. The standard InChI is InChI=1S/C13H26N2O3/c1-11(16)10-14-6-5-7-15(9-8-14)12(17)18-13(2,3)4/h11,16H,5-10H2,1-4H3/t11-/m1/s1. The molecule has 0 saturated carbocycles. The van der Waals surface area contributed by atoms with Crippen LogP contribution >= 0.6 is 0 Å². The second-order valence-electron chi connectivity index (χ2n) is 5.97. The number of carbonyl (C=O) groups is 1. The van der Waals surface area contributed by atoms with Crippen molar-refractivity contribution in [2.75, 3.05) is 32.7 Å². The number of hydrogen-bond acceptors (Lipinski definition) is 4. The van der Waals surface area contributed by atoms with E-state index in [1.54, 1.807) is 11.8 Å². The summed E-state index contributed by atoms with van der Waals surface area (Å²) in [6, 6.07) is 0. The molecule has 0 aromatic rings. The van der Waals surface area contributed by atoms with Gasteiger partial charge in [-0.1, -0.05) is 0 Å². The molecular formula is C13H26N2O3. The molecule has 1 atom stereocenters. The molecule has 0 unspecified atom stereocenters. The van der Waals surface area contributed by atoms with Gasteiger partial charge in [-0.2, -0.15) is 0 Å². The van der Waals surface area contributed by atoms with Crippen molar-refractivity contribution in [3.63, 3.8) is 0 Å². The van der Waals surface area contributed by atoms with Crippen molar-refractivity contribution in [1.29, 1.82) is 0 Å². The Hall–Kier alpha value is -0.810. The first-order valence-corrected chi connectivity index (χ1v) is 6.66. The minimum absolute atomic E-state index is 0.235. The molecule has 0 aromatic heterocycles. The van der Waals surface area contributed by atoms with Crippen molar-refractivity contribution in [2.45, 2.75) is 45.8 Å². The van der Waals surface area contributed by atoms with E-state index in [-0.39, 0.29) is 12.2 Å². The monoisotopic (exact) mass is 258 g/mol. The topological polar surface area (TPSA) is 53.0 Å². The summed E-state index contributed by atoms with van der Waals surface area (Å²) < 4.78 is 5.37. The lowest BCUT2D eigenvalue weighted by Crippen LogP contribution is -2.39. The molecule has 5 heteroatoms. The van der Waals surface area contributed by atoms with Crippen LogP contribution < -0.4 is 0 Å². The van der Waals surface area contributed by atoms with Gasteiger partial charge >= 0.3 is 6.09 Å².